The Bertz CT molecular complexity index is 1050. The highest BCUT2D eigenvalue weighted by molar-refractivity contribution is 8.20. The van der Waals surface area contributed by atoms with E-state index in [1.165, 1.54) is 5.56 Å². The molecule has 1 spiro atoms. The highest BCUT2D eigenvalue weighted by Gasteiger charge is 2.45. The summed E-state index contributed by atoms with van der Waals surface area (Å²) in [6.07, 6.45) is 3.18. The number of benzene rings is 2. The molecule has 1 aliphatic carbocycles. The lowest BCUT2D eigenvalue weighted by Gasteiger charge is -2.31. The number of fused-ring (bicyclic) bond motifs is 2. The number of anilines is 1. The molecule has 1 amide bonds. The van der Waals surface area contributed by atoms with E-state index in [4.69, 9.17) is 9.15 Å². The predicted molar refractivity (Wildman–Crippen MR) is 124 cm³/mol. The van der Waals surface area contributed by atoms with Gasteiger partial charge in [0.2, 0.25) is 0 Å². The number of amides is 1. The van der Waals surface area contributed by atoms with Crippen molar-refractivity contribution in [3.8, 4) is 11.5 Å². The van der Waals surface area contributed by atoms with Crippen LogP contribution in [-0.2, 0) is 10.5 Å². The van der Waals surface area contributed by atoms with Gasteiger partial charge < -0.3 is 14.5 Å². The zero-order valence-electron chi connectivity index (χ0n) is 16.8. The number of hydrogen-bond acceptors (Lipinski definition) is 5. The number of carbonyl (C=O) groups excluding carboxylic acids is 1. The van der Waals surface area contributed by atoms with Crippen LogP contribution in [0.3, 0.4) is 0 Å². The van der Waals surface area contributed by atoms with Crippen LogP contribution in [0.1, 0.15) is 40.3 Å². The Kier molecular flexibility index (Phi) is 5.29. The topological polar surface area (TPSA) is 51.5 Å². The van der Waals surface area contributed by atoms with Crippen molar-refractivity contribution >= 4 is 35.1 Å². The van der Waals surface area contributed by atoms with Crippen LogP contribution in [0, 0.1) is 6.92 Å². The summed E-state index contributed by atoms with van der Waals surface area (Å²) in [7, 11) is 0. The van der Waals surface area contributed by atoms with Crippen molar-refractivity contribution in [1.29, 1.82) is 0 Å². The molecule has 0 atom stereocenters. The van der Waals surface area contributed by atoms with E-state index in [1.807, 2.05) is 85.0 Å². The Hall–Kier alpha value is -2.31. The molecule has 1 saturated heterocycles. The van der Waals surface area contributed by atoms with Crippen LogP contribution in [0.5, 0.6) is 11.5 Å². The van der Waals surface area contributed by atoms with Gasteiger partial charge in [-0.25, -0.2) is 0 Å². The molecule has 2 aliphatic rings. The summed E-state index contributed by atoms with van der Waals surface area (Å²) in [6.45, 7) is 2.03. The molecule has 1 aliphatic heterocycles. The molecule has 0 saturated carbocycles. The van der Waals surface area contributed by atoms with E-state index in [0.29, 0.717) is 11.4 Å². The number of aryl methyl sites for hydroxylation is 1. The first-order chi connectivity index (χ1) is 14.6. The molecule has 2 heterocycles. The average molecular weight is 438 g/mol. The lowest BCUT2D eigenvalue weighted by atomic mass is 9.94. The van der Waals surface area contributed by atoms with Gasteiger partial charge in [0.15, 0.2) is 5.76 Å². The molecule has 3 aromatic rings. The second-order valence-electron chi connectivity index (χ2n) is 7.55. The van der Waals surface area contributed by atoms with Crippen LogP contribution in [0.4, 0.5) is 5.69 Å². The maximum atomic E-state index is 13.0. The molecular formula is C24H23NO3S2. The summed E-state index contributed by atoms with van der Waals surface area (Å²) < 4.78 is 12.0. The third-order valence-corrected chi connectivity index (χ3v) is 9.09. The largest absolute Gasteiger partial charge is 0.457 e. The van der Waals surface area contributed by atoms with Crippen molar-refractivity contribution in [3.63, 3.8) is 0 Å². The van der Waals surface area contributed by atoms with Crippen molar-refractivity contribution in [2.45, 2.75) is 30.3 Å². The van der Waals surface area contributed by atoms with Crippen LogP contribution < -0.4 is 10.1 Å². The summed E-state index contributed by atoms with van der Waals surface area (Å²) in [6, 6.07) is 17.0. The van der Waals surface area contributed by atoms with Crippen molar-refractivity contribution in [2.24, 2.45) is 0 Å². The number of nitrogens with one attached hydrogen (secondary N) is 1. The molecule has 30 heavy (non-hydrogen) atoms. The summed E-state index contributed by atoms with van der Waals surface area (Å²) in [4.78, 5) is 13.0. The minimum Gasteiger partial charge on any atom is -0.457 e. The normalized spacial score (nSPS) is 17.0. The molecule has 154 valence electrons. The molecule has 1 fully saturated rings. The lowest BCUT2D eigenvalue weighted by molar-refractivity contribution is 0.0994. The Labute approximate surface area is 184 Å². The SMILES string of the molecule is Cc1c(C(=O)Nc2ccc(Oc3ccccc3)cc2)oc2c1C1(CCC2)SCCS1. The Morgan fingerprint density at radius 3 is 2.47 bits per heavy atom. The molecule has 0 radical (unpaired) electrons. The second kappa shape index (κ2) is 8.08. The van der Waals surface area contributed by atoms with Gasteiger partial charge in [-0.3, -0.25) is 4.79 Å². The number of carbonyl (C=O) groups is 1. The van der Waals surface area contributed by atoms with Crippen molar-refractivity contribution < 1.29 is 13.9 Å². The first kappa shape index (κ1) is 19.6. The standard InChI is InChI=1S/C24H23NO3S2/c1-16-21-20(8-5-13-24(21)29-14-15-30-24)28-22(16)23(26)25-17-9-11-19(12-10-17)27-18-6-3-2-4-7-18/h2-4,6-7,9-12H,5,8,13-15H2,1H3,(H,25,26). The monoisotopic (exact) mass is 437 g/mol. The van der Waals surface area contributed by atoms with Crippen molar-refractivity contribution in [1.82, 2.24) is 0 Å². The molecule has 5 rings (SSSR count). The summed E-state index contributed by atoms with van der Waals surface area (Å²) >= 11 is 4.02. The molecule has 2 aromatic carbocycles. The third kappa shape index (κ3) is 3.63. The van der Waals surface area contributed by atoms with Gasteiger partial charge in [-0.2, -0.15) is 0 Å². The molecule has 4 nitrogen and oxygen atoms in total. The third-order valence-electron chi connectivity index (χ3n) is 5.56. The van der Waals surface area contributed by atoms with E-state index in [1.54, 1.807) is 0 Å². The predicted octanol–water partition coefficient (Wildman–Crippen LogP) is 6.60. The summed E-state index contributed by atoms with van der Waals surface area (Å²) in [5, 5.41) is 2.98. The fraction of sp³-hybridized carbons (Fsp3) is 0.292. The minimum absolute atomic E-state index is 0.0795. The highest BCUT2D eigenvalue weighted by Crippen LogP contribution is 2.59. The highest BCUT2D eigenvalue weighted by atomic mass is 32.2. The minimum atomic E-state index is -0.193. The van der Waals surface area contributed by atoms with Gasteiger partial charge in [-0.05, 0) is 56.2 Å². The molecular weight excluding hydrogens is 414 g/mol. The number of rotatable bonds is 4. The van der Waals surface area contributed by atoms with E-state index in [0.717, 1.165) is 53.6 Å². The van der Waals surface area contributed by atoms with Crippen LogP contribution in [0.25, 0.3) is 0 Å². The summed E-state index contributed by atoms with van der Waals surface area (Å²) in [5.74, 6) is 5.07. The second-order valence-corrected chi connectivity index (χ2v) is 10.6. The molecule has 1 N–H and O–H groups in total. The van der Waals surface area contributed by atoms with Gasteiger partial charge in [-0.15, -0.1) is 23.5 Å². The molecule has 6 heteroatoms. The number of thioether (sulfide) groups is 2. The van der Waals surface area contributed by atoms with Gasteiger partial charge in [0.05, 0.1) is 4.08 Å². The van der Waals surface area contributed by atoms with Crippen molar-refractivity contribution in [3.05, 3.63) is 77.2 Å². The van der Waals surface area contributed by atoms with Gasteiger partial charge in [0, 0.05) is 34.7 Å². The lowest BCUT2D eigenvalue weighted by Crippen LogP contribution is -2.21. The van der Waals surface area contributed by atoms with Gasteiger partial charge >= 0.3 is 0 Å². The first-order valence-corrected chi connectivity index (χ1v) is 12.2. The Morgan fingerprint density at radius 1 is 1.03 bits per heavy atom. The number of hydrogen-bond donors (Lipinski definition) is 1. The van der Waals surface area contributed by atoms with E-state index in [9.17, 15) is 4.79 Å². The van der Waals surface area contributed by atoms with Crippen LogP contribution in [0.15, 0.2) is 59.0 Å². The fourth-order valence-corrected chi connectivity index (χ4v) is 7.79. The molecule has 0 unspecified atom stereocenters. The summed E-state index contributed by atoms with van der Waals surface area (Å²) in [5.41, 5.74) is 2.97. The zero-order valence-corrected chi connectivity index (χ0v) is 18.4. The first-order valence-electron chi connectivity index (χ1n) is 10.2. The molecule has 0 bridgehead atoms. The Balaban J connectivity index is 1.33. The smallest absolute Gasteiger partial charge is 0.291 e. The van der Waals surface area contributed by atoms with E-state index in [-0.39, 0.29) is 9.99 Å². The van der Waals surface area contributed by atoms with E-state index in [2.05, 4.69) is 5.32 Å². The number of para-hydroxylation sites is 1. The van der Waals surface area contributed by atoms with E-state index >= 15 is 0 Å². The number of ether oxygens (including phenoxy) is 1. The van der Waals surface area contributed by atoms with Crippen LogP contribution >= 0.6 is 23.5 Å². The van der Waals surface area contributed by atoms with Crippen LogP contribution in [-0.4, -0.2) is 17.4 Å². The van der Waals surface area contributed by atoms with E-state index < -0.39 is 0 Å². The fourth-order valence-electron chi connectivity index (χ4n) is 4.23. The van der Waals surface area contributed by atoms with Crippen LogP contribution in [0.2, 0.25) is 0 Å². The maximum Gasteiger partial charge on any atom is 0.291 e. The molecule has 1 aromatic heterocycles. The maximum absolute atomic E-state index is 13.0. The van der Waals surface area contributed by atoms with Crippen molar-refractivity contribution in [2.75, 3.05) is 16.8 Å². The van der Waals surface area contributed by atoms with Gasteiger partial charge in [-0.1, -0.05) is 18.2 Å². The van der Waals surface area contributed by atoms with Gasteiger partial charge in [0.1, 0.15) is 17.3 Å². The Morgan fingerprint density at radius 2 is 1.73 bits per heavy atom. The quantitative estimate of drug-likeness (QED) is 0.498. The van der Waals surface area contributed by atoms with Gasteiger partial charge in [0.25, 0.3) is 5.91 Å². The zero-order chi connectivity index (χ0) is 20.6. The number of furan rings is 1. The average Bonchev–Trinajstić information content (AvgIpc) is 3.36.